The van der Waals surface area contributed by atoms with Gasteiger partial charge in [-0.2, -0.15) is 0 Å². The van der Waals surface area contributed by atoms with Gasteiger partial charge in [0, 0.05) is 48.7 Å². The standard InChI is InChI=1S/C32H44N2O6/c1-6-23-26(19(2)17-33-23)27(36)39-20(3)22-9-10-31-24-8-7-21-15-30(37)12-11-28(21,4)32(24,40-30)25(35)16-29(22,31)18-34(5)13-14-38-31/h8-9,17,20-21,25,33,35,37H,6-7,10-16,18H2,1-5H3/t20?,21-,25-,28+,29+,30?,31+,32+/m1/s1. The molecule has 8 atom stereocenters. The van der Waals surface area contributed by atoms with Crippen molar-refractivity contribution in [2.45, 2.75) is 102 Å². The summed E-state index contributed by atoms with van der Waals surface area (Å²) in [4.78, 5) is 19.0. The van der Waals surface area contributed by atoms with Crippen molar-refractivity contribution >= 4 is 5.97 Å². The Morgan fingerprint density at radius 2 is 2.10 bits per heavy atom. The molecule has 7 aliphatic rings. The fourth-order valence-electron chi connectivity index (χ4n) is 10.0. The van der Waals surface area contributed by atoms with Crippen LogP contribution in [0.1, 0.15) is 80.9 Å². The van der Waals surface area contributed by atoms with Crippen LogP contribution in [0.4, 0.5) is 0 Å². The van der Waals surface area contributed by atoms with E-state index in [1.165, 1.54) is 0 Å². The second-order valence-electron chi connectivity index (χ2n) is 13.8. The molecule has 1 aromatic heterocycles. The molecule has 4 aliphatic carbocycles. The van der Waals surface area contributed by atoms with E-state index in [9.17, 15) is 15.0 Å². The number of aryl methyl sites for hydroxylation is 2. The molecule has 0 radical (unpaired) electrons. The van der Waals surface area contributed by atoms with Gasteiger partial charge in [-0.1, -0.05) is 26.0 Å². The number of likely N-dealkylation sites (N-methyl/N-ethyl adjacent to an activating group) is 1. The number of aliphatic hydroxyl groups excluding tert-OH is 1. The molecular formula is C32H44N2O6. The number of carbonyl (C=O) groups excluding carboxylic acids is 1. The lowest BCUT2D eigenvalue weighted by atomic mass is 9.41. The van der Waals surface area contributed by atoms with E-state index >= 15 is 0 Å². The van der Waals surface area contributed by atoms with Gasteiger partial charge in [0.2, 0.25) is 0 Å². The number of hydrogen-bond acceptors (Lipinski definition) is 7. The molecule has 3 aliphatic heterocycles. The van der Waals surface area contributed by atoms with Crippen LogP contribution in [0.3, 0.4) is 0 Å². The summed E-state index contributed by atoms with van der Waals surface area (Å²) in [5.41, 5.74) is 1.80. The van der Waals surface area contributed by atoms with Crippen LogP contribution in [0.2, 0.25) is 0 Å². The highest BCUT2D eigenvalue weighted by Crippen LogP contribution is 2.74. The van der Waals surface area contributed by atoms with Gasteiger partial charge in [0.15, 0.2) is 5.79 Å². The number of fused-ring (bicyclic) bond motifs is 1. The molecule has 1 aromatic rings. The average Bonchev–Trinajstić information content (AvgIpc) is 3.37. The average molecular weight is 553 g/mol. The number of hydrogen-bond donors (Lipinski definition) is 3. The van der Waals surface area contributed by atoms with Crippen LogP contribution < -0.4 is 0 Å². The molecule has 2 unspecified atom stereocenters. The summed E-state index contributed by atoms with van der Waals surface area (Å²) in [6.07, 6.45) is 9.66. The molecule has 218 valence electrons. The molecule has 4 heterocycles. The zero-order chi connectivity index (χ0) is 28.3. The Morgan fingerprint density at radius 1 is 1.30 bits per heavy atom. The zero-order valence-electron chi connectivity index (χ0n) is 24.5. The van der Waals surface area contributed by atoms with E-state index < -0.39 is 34.6 Å². The van der Waals surface area contributed by atoms with Crippen molar-refractivity contribution in [3.63, 3.8) is 0 Å². The topological polar surface area (TPSA) is 104 Å². The second kappa shape index (κ2) is 8.54. The summed E-state index contributed by atoms with van der Waals surface area (Å²) in [5, 5.41) is 23.8. The third-order valence-electron chi connectivity index (χ3n) is 11.9. The predicted octanol–water partition coefficient (Wildman–Crippen LogP) is 3.81. The highest BCUT2D eigenvalue weighted by molar-refractivity contribution is 5.92. The minimum atomic E-state index is -1.22. The molecule has 3 saturated heterocycles. The second-order valence-corrected chi connectivity index (χ2v) is 13.8. The van der Waals surface area contributed by atoms with Gasteiger partial charge in [-0.25, -0.2) is 4.79 Å². The molecule has 0 amide bonds. The van der Waals surface area contributed by atoms with Gasteiger partial charge >= 0.3 is 5.97 Å². The highest BCUT2D eigenvalue weighted by Gasteiger charge is 2.79. The number of ether oxygens (including phenoxy) is 3. The first-order valence-corrected chi connectivity index (χ1v) is 15.2. The lowest BCUT2D eigenvalue weighted by Crippen LogP contribution is -2.79. The van der Waals surface area contributed by atoms with Crippen LogP contribution in [-0.4, -0.2) is 82.0 Å². The monoisotopic (exact) mass is 552 g/mol. The zero-order valence-corrected chi connectivity index (χ0v) is 24.5. The largest absolute Gasteiger partial charge is 0.454 e. The van der Waals surface area contributed by atoms with Crippen molar-refractivity contribution in [2.75, 3.05) is 26.7 Å². The third kappa shape index (κ3) is 3.12. The smallest absolute Gasteiger partial charge is 0.340 e. The van der Waals surface area contributed by atoms with Gasteiger partial charge in [0.1, 0.15) is 17.3 Å². The van der Waals surface area contributed by atoms with E-state index in [1.54, 1.807) is 0 Å². The minimum absolute atomic E-state index is 0.252. The van der Waals surface area contributed by atoms with Gasteiger partial charge < -0.3 is 34.3 Å². The van der Waals surface area contributed by atoms with Crippen molar-refractivity contribution in [3.05, 3.63) is 46.3 Å². The molecule has 8 nitrogen and oxygen atoms in total. The lowest BCUT2D eigenvalue weighted by molar-refractivity contribution is -0.401. The number of H-pyrrole nitrogens is 1. The Kier molecular flexibility index (Phi) is 5.74. The molecule has 3 N–H and O–H groups in total. The fraction of sp³-hybridized carbons (Fsp3) is 0.719. The normalized spacial score (nSPS) is 44.6. The van der Waals surface area contributed by atoms with Crippen molar-refractivity contribution < 1.29 is 29.2 Å². The number of nitrogens with one attached hydrogen (secondary N) is 1. The van der Waals surface area contributed by atoms with E-state index in [0.717, 1.165) is 48.2 Å². The summed E-state index contributed by atoms with van der Waals surface area (Å²) in [7, 11) is 2.10. The van der Waals surface area contributed by atoms with Crippen LogP contribution in [0.5, 0.6) is 0 Å². The fourth-order valence-corrected chi connectivity index (χ4v) is 10.0. The summed E-state index contributed by atoms with van der Waals surface area (Å²) < 4.78 is 20.0. The predicted molar refractivity (Wildman–Crippen MR) is 149 cm³/mol. The minimum Gasteiger partial charge on any atom is -0.454 e. The van der Waals surface area contributed by atoms with Crippen LogP contribution in [-0.2, 0) is 20.6 Å². The van der Waals surface area contributed by atoms with Crippen LogP contribution in [0, 0.1) is 23.7 Å². The van der Waals surface area contributed by atoms with Crippen LogP contribution >= 0.6 is 0 Å². The maximum absolute atomic E-state index is 13.5. The molecule has 1 spiro atoms. The van der Waals surface area contributed by atoms with E-state index in [0.29, 0.717) is 44.4 Å². The number of nitrogens with zero attached hydrogens (tertiary/aromatic N) is 1. The van der Waals surface area contributed by atoms with Gasteiger partial charge in [-0.05, 0) is 75.6 Å². The maximum Gasteiger partial charge on any atom is 0.340 e. The highest BCUT2D eigenvalue weighted by atomic mass is 16.7. The summed E-state index contributed by atoms with van der Waals surface area (Å²) in [6.45, 7) is 10.2. The van der Waals surface area contributed by atoms with Crippen LogP contribution in [0.25, 0.3) is 0 Å². The molecular weight excluding hydrogens is 508 g/mol. The molecule has 2 saturated carbocycles. The first kappa shape index (κ1) is 26.9. The van der Waals surface area contributed by atoms with Crippen molar-refractivity contribution in [1.82, 2.24) is 9.88 Å². The Labute approximate surface area is 236 Å². The van der Waals surface area contributed by atoms with Gasteiger partial charge in [-0.15, -0.1) is 0 Å². The van der Waals surface area contributed by atoms with E-state index in [-0.39, 0.29) is 17.3 Å². The summed E-state index contributed by atoms with van der Waals surface area (Å²) >= 11 is 0. The van der Waals surface area contributed by atoms with Crippen molar-refractivity contribution in [3.8, 4) is 0 Å². The number of esters is 1. The quantitative estimate of drug-likeness (QED) is 0.386. The van der Waals surface area contributed by atoms with E-state index in [1.807, 2.05) is 27.0 Å². The Morgan fingerprint density at radius 3 is 2.88 bits per heavy atom. The number of rotatable bonds is 4. The van der Waals surface area contributed by atoms with Crippen molar-refractivity contribution in [2.24, 2.45) is 16.7 Å². The van der Waals surface area contributed by atoms with Crippen LogP contribution in [0.15, 0.2) is 29.5 Å². The molecule has 4 bridgehead atoms. The molecule has 5 fully saturated rings. The lowest BCUT2D eigenvalue weighted by Gasteiger charge is -2.73. The molecule has 0 aromatic carbocycles. The van der Waals surface area contributed by atoms with E-state index in [2.05, 4.69) is 36.0 Å². The number of allylic oxidation sites excluding steroid dienone is 1. The number of aromatic nitrogens is 1. The molecule has 40 heavy (non-hydrogen) atoms. The summed E-state index contributed by atoms with van der Waals surface area (Å²) in [5.74, 6) is -1.29. The van der Waals surface area contributed by atoms with Gasteiger partial charge in [0.25, 0.3) is 0 Å². The first-order chi connectivity index (χ1) is 19.0. The maximum atomic E-state index is 13.5. The third-order valence-corrected chi connectivity index (χ3v) is 11.9. The molecule has 8 rings (SSSR count). The van der Waals surface area contributed by atoms with Gasteiger partial charge in [0.05, 0.1) is 18.3 Å². The summed E-state index contributed by atoms with van der Waals surface area (Å²) in [6, 6.07) is 0. The van der Waals surface area contributed by atoms with E-state index in [4.69, 9.17) is 14.2 Å². The number of aromatic amines is 1. The number of carbonyl (C=O) groups is 1. The Hall–Kier alpha value is -1.97. The Bertz CT molecular complexity index is 1320. The first-order valence-electron chi connectivity index (χ1n) is 15.2. The van der Waals surface area contributed by atoms with Crippen molar-refractivity contribution in [1.29, 1.82) is 0 Å². The SMILES string of the molecule is CCc1[nH]cc(C)c1C(=O)OC(C)C1=CC[C@@]23OCCN(C)C[C@@]12C[C@@H](O)[C@]12OC4(O)CC[C@@]1(C)[C@H](CC=C32)C4. The Balaban J connectivity index is 1.32. The number of aliphatic hydroxyl groups is 2. The van der Waals surface area contributed by atoms with Gasteiger partial charge in [-0.3, -0.25) is 0 Å². The molecule has 8 heteroatoms.